The maximum Gasteiger partial charge on any atom is 0.0881 e. The molecule has 5 aliphatic rings. The van der Waals surface area contributed by atoms with Gasteiger partial charge in [0.05, 0.1) is 17.8 Å². The predicted molar refractivity (Wildman–Crippen MR) is 129 cm³/mol. The molecule has 3 nitrogen and oxygen atoms in total. The van der Waals surface area contributed by atoms with E-state index in [1.54, 1.807) is 0 Å². The van der Waals surface area contributed by atoms with Gasteiger partial charge in [0.1, 0.15) is 0 Å². The van der Waals surface area contributed by atoms with E-state index in [1.807, 2.05) is 0 Å². The summed E-state index contributed by atoms with van der Waals surface area (Å²) in [6.07, 6.45) is 15.6. The van der Waals surface area contributed by atoms with Crippen LogP contribution in [-0.4, -0.2) is 34.6 Å². The molecule has 0 amide bonds. The van der Waals surface area contributed by atoms with Crippen molar-refractivity contribution in [3.05, 3.63) is 0 Å². The van der Waals surface area contributed by atoms with E-state index in [2.05, 4.69) is 27.7 Å². The van der Waals surface area contributed by atoms with E-state index in [1.165, 1.54) is 44.9 Å². The smallest absolute Gasteiger partial charge is 0.0881 e. The zero-order chi connectivity index (χ0) is 22.8. The first kappa shape index (κ1) is 23.6. The lowest BCUT2D eigenvalue weighted by Crippen LogP contribution is -2.55. The van der Waals surface area contributed by atoms with Crippen LogP contribution in [0.25, 0.3) is 0 Å². The van der Waals surface area contributed by atoms with Gasteiger partial charge in [0.15, 0.2) is 0 Å². The monoisotopic (exact) mass is 446 g/mol. The van der Waals surface area contributed by atoms with Crippen LogP contribution in [0.4, 0.5) is 0 Å². The quantitative estimate of drug-likeness (QED) is 0.529. The second-order valence-corrected chi connectivity index (χ2v) is 14.0. The zero-order valence-corrected chi connectivity index (χ0v) is 21.4. The number of rotatable bonds is 4. The molecule has 4 aliphatic carbocycles. The Hall–Kier alpha value is -0.120. The van der Waals surface area contributed by atoms with Crippen LogP contribution in [0.1, 0.15) is 111 Å². The van der Waals surface area contributed by atoms with Crippen LogP contribution in [0, 0.1) is 46.3 Å². The Morgan fingerprint density at radius 2 is 1.66 bits per heavy atom. The molecular weight excluding hydrogens is 396 g/mol. The zero-order valence-electron chi connectivity index (χ0n) is 21.4. The van der Waals surface area contributed by atoms with Gasteiger partial charge in [-0.15, -0.1) is 0 Å². The normalized spacial score (nSPS) is 54.4. The van der Waals surface area contributed by atoms with Gasteiger partial charge in [-0.05, 0) is 137 Å². The van der Waals surface area contributed by atoms with E-state index in [0.29, 0.717) is 23.4 Å². The third kappa shape index (κ3) is 3.91. The standard InChI is InChI=1S/C29H50O3/c1-20(10-14-29(31)12-5-17-32-19-29)23-8-9-24-22-7-6-21-18-26(2,30)15-16-27(21,3)25(22)11-13-28(23,24)4/h20-25,30-31H,5-19H2,1-4H3/t20-,21+,22+,23-,24+,25+,26+,27+,28-,29?/m1/s1. The summed E-state index contributed by atoms with van der Waals surface area (Å²) in [5, 5.41) is 21.7. The number of ether oxygens (including phenoxy) is 1. The molecule has 4 saturated carbocycles. The molecule has 0 aromatic rings. The Balaban J connectivity index is 1.27. The maximum atomic E-state index is 10.9. The lowest BCUT2D eigenvalue weighted by molar-refractivity contribution is -0.148. The van der Waals surface area contributed by atoms with Gasteiger partial charge < -0.3 is 14.9 Å². The lowest BCUT2D eigenvalue weighted by Gasteiger charge is -2.62. The van der Waals surface area contributed by atoms with Gasteiger partial charge in [-0.2, -0.15) is 0 Å². The molecule has 10 atom stereocenters. The third-order valence-corrected chi connectivity index (χ3v) is 12.1. The first-order valence-electron chi connectivity index (χ1n) is 14.1. The van der Waals surface area contributed by atoms with Crippen LogP contribution < -0.4 is 0 Å². The fourth-order valence-corrected chi connectivity index (χ4v) is 10.1. The second kappa shape index (κ2) is 8.23. The third-order valence-electron chi connectivity index (χ3n) is 12.1. The Morgan fingerprint density at radius 1 is 0.875 bits per heavy atom. The van der Waals surface area contributed by atoms with Gasteiger partial charge in [-0.1, -0.05) is 20.8 Å². The summed E-state index contributed by atoms with van der Waals surface area (Å²) in [5.41, 5.74) is -0.0458. The number of fused-ring (bicyclic) bond motifs is 5. The SMILES string of the molecule is C[C@H](CCC1(O)CCCOC1)[C@H]1CC[C@H]2[C@@H]3CC[C@H]4C[C@@](C)(O)CC[C@]4(C)[C@H]3CC[C@]12C. The van der Waals surface area contributed by atoms with Crippen molar-refractivity contribution in [2.75, 3.05) is 13.2 Å². The van der Waals surface area contributed by atoms with E-state index in [4.69, 9.17) is 4.74 Å². The Bertz CT molecular complexity index is 682. The molecule has 32 heavy (non-hydrogen) atoms. The molecule has 1 aliphatic heterocycles. The molecule has 0 spiro atoms. The fourth-order valence-electron chi connectivity index (χ4n) is 10.1. The summed E-state index contributed by atoms with van der Waals surface area (Å²) >= 11 is 0. The minimum Gasteiger partial charge on any atom is -0.390 e. The minimum absolute atomic E-state index is 0.429. The van der Waals surface area contributed by atoms with E-state index in [-0.39, 0.29) is 0 Å². The highest BCUT2D eigenvalue weighted by atomic mass is 16.5. The van der Waals surface area contributed by atoms with Crippen molar-refractivity contribution in [3.8, 4) is 0 Å². The highest BCUT2D eigenvalue weighted by Gasteiger charge is 2.61. The topological polar surface area (TPSA) is 49.7 Å². The molecule has 3 heteroatoms. The molecule has 0 aromatic carbocycles. The highest BCUT2D eigenvalue weighted by molar-refractivity contribution is 5.10. The predicted octanol–water partition coefficient (Wildman–Crippen LogP) is 6.35. The van der Waals surface area contributed by atoms with Crippen molar-refractivity contribution in [1.29, 1.82) is 0 Å². The summed E-state index contributed by atoms with van der Waals surface area (Å²) in [7, 11) is 0. The largest absolute Gasteiger partial charge is 0.390 e. The van der Waals surface area contributed by atoms with Crippen molar-refractivity contribution in [1.82, 2.24) is 0 Å². The number of aliphatic hydroxyl groups is 2. The molecule has 184 valence electrons. The molecule has 1 heterocycles. The average Bonchev–Trinajstić information content (AvgIpc) is 3.10. The fraction of sp³-hybridized carbons (Fsp3) is 1.00. The first-order chi connectivity index (χ1) is 15.1. The van der Waals surface area contributed by atoms with Gasteiger partial charge in [0.2, 0.25) is 0 Å². The van der Waals surface area contributed by atoms with Crippen molar-refractivity contribution < 1.29 is 14.9 Å². The Morgan fingerprint density at radius 3 is 2.41 bits per heavy atom. The maximum absolute atomic E-state index is 10.9. The van der Waals surface area contributed by atoms with Gasteiger partial charge in [-0.25, -0.2) is 0 Å². The van der Waals surface area contributed by atoms with Crippen LogP contribution in [-0.2, 0) is 4.74 Å². The number of hydrogen-bond acceptors (Lipinski definition) is 3. The Labute approximate surface area is 197 Å². The van der Waals surface area contributed by atoms with Crippen molar-refractivity contribution in [2.45, 2.75) is 122 Å². The van der Waals surface area contributed by atoms with Crippen LogP contribution in [0.5, 0.6) is 0 Å². The van der Waals surface area contributed by atoms with E-state index < -0.39 is 11.2 Å². The van der Waals surface area contributed by atoms with Gasteiger partial charge >= 0.3 is 0 Å². The average molecular weight is 447 g/mol. The lowest BCUT2D eigenvalue weighted by atomic mass is 9.43. The molecular formula is C29H50O3. The van der Waals surface area contributed by atoms with Gasteiger partial charge in [0.25, 0.3) is 0 Å². The second-order valence-electron chi connectivity index (χ2n) is 14.0. The van der Waals surface area contributed by atoms with Crippen LogP contribution >= 0.6 is 0 Å². The summed E-state index contributed by atoms with van der Waals surface area (Å²) in [4.78, 5) is 0. The molecule has 0 aromatic heterocycles. The van der Waals surface area contributed by atoms with E-state index >= 15 is 0 Å². The molecule has 2 N–H and O–H groups in total. The summed E-state index contributed by atoms with van der Waals surface area (Å²) < 4.78 is 5.61. The van der Waals surface area contributed by atoms with E-state index in [0.717, 1.165) is 74.7 Å². The summed E-state index contributed by atoms with van der Waals surface area (Å²) in [5.74, 6) is 4.93. The van der Waals surface area contributed by atoms with Gasteiger partial charge in [-0.3, -0.25) is 0 Å². The molecule has 0 radical (unpaired) electrons. The van der Waals surface area contributed by atoms with E-state index in [9.17, 15) is 10.2 Å². The summed E-state index contributed by atoms with van der Waals surface area (Å²) in [6.45, 7) is 11.2. The van der Waals surface area contributed by atoms with Crippen molar-refractivity contribution in [2.24, 2.45) is 46.3 Å². The summed E-state index contributed by atoms with van der Waals surface area (Å²) in [6, 6.07) is 0. The van der Waals surface area contributed by atoms with Crippen molar-refractivity contribution in [3.63, 3.8) is 0 Å². The Kier molecular flexibility index (Phi) is 6.07. The molecule has 1 saturated heterocycles. The van der Waals surface area contributed by atoms with Crippen molar-refractivity contribution >= 4 is 0 Å². The molecule has 5 fully saturated rings. The highest BCUT2D eigenvalue weighted by Crippen LogP contribution is 2.68. The number of hydrogen-bond donors (Lipinski definition) is 2. The molecule has 0 bridgehead atoms. The first-order valence-corrected chi connectivity index (χ1v) is 14.1. The van der Waals surface area contributed by atoms with Crippen LogP contribution in [0.15, 0.2) is 0 Å². The van der Waals surface area contributed by atoms with Crippen LogP contribution in [0.2, 0.25) is 0 Å². The van der Waals surface area contributed by atoms with Crippen LogP contribution in [0.3, 0.4) is 0 Å². The molecule has 1 unspecified atom stereocenters. The minimum atomic E-state index is -0.571. The van der Waals surface area contributed by atoms with Gasteiger partial charge in [0, 0.05) is 6.61 Å². The molecule has 5 rings (SSSR count).